The molecule has 0 spiro atoms. The maximum atomic E-state index is 13.4. The number of carboxylic acid groups (broad SMARTS) is 1. The van der Waals surface area contributed by atoms with Crippen molar-refractivity contribution in [1.82, 2.24) is 4.98 Å². The number of carboxylic acids is 1. The van der Waals surface area contributed by atoms with Crippen molar-refractivity contribution in [3.05, 3.63) is 71.3 Å². The first kappa shape index (κ1) is 22.8. The number of rotatable bonds is 5. The fourth-order valence-corrected chi connectivity index (χ4v) is 3.71. The molecule has 9 heteroatoms. The standard InChI is InChI=1S/C24H22F2N2O5/c1-15-7-8-19(27-20(15)16-4-2-5-17(14-16)21(29)30)28-22(31)23(10-11-23)18-6-3-12-32-24(25,26)33-13-9-18/h2-9,14H,10-13H2,1H3,(H,29,30)(H,27,28,31)/b6-3-,18-9+. The van der Waals surface area contributed by atoms with Gasteiger partial charge in [-0.1, -0.05) is 36.4 Å². The molecule has 0 unspecified atom stereocenters. The molecule has 1 saturated carbocycles. The lowest BCUT2D eigenvalue weighted by Crippen LogP contribution is -2.27. The molecule has 1 aromatic carbocycles. The minimum atomic E-state index is -3.69. The summed E-state index contributed by atoms with van der Waals surface area (Å²) < 4.78 is 35.5. The molecular formula is C24H22F2N2O5. The molecule has 1 amide bonds. The van der Waals surface area contributed by atoms with Gasteiger partial charge in [0.05, 0.1) is 29.9 Å². The lowest BCUT2D eigenvalue weighted by atomic mass is 9.93. The fraction of sp³-hybridized carbons (Fsp3) is 0.292. The Balaban J connectivity index is 1.56. The van der Waals surface area contributed by atoms with Crippen LogP contribution in [0.5, 0.6) is 0 Å². The molecule has 2 aliphatic rings. The van der Waals surface area contributed by atoms with Crippen molar-refractivity contribution in [2.24, 2.45) is 5.41 Å². The fourth-order valence-electron chi connectivity index (χ4n) is 3.71. The first-order valence-electron chi connectivity index (χ1n) is 10.4. The van der Waals surface area contributed by atoms with E-state index in [-0.39, 0.29) is 18.1 Å². The van der Waals surface area contributed by atoms with Crippen LogP contribution in [0.25, 0.3) is 11.3 Å². The number of allylic oxidation sites excluding steroid dienone is 1. The number of anilines is 1. The van der Waals surface area contributed by atoms with Crippen LogP contribution in [0.4, 0.5) is 14.6 Å². The predicted molar refractivity (Wildman–Crippen MR) is 116 cm³/mol. The Morgan fingerprint density at radius 1 is 1.12 bits per heavy atom. The van der Waals surface area contributed by atoms with E-state index in [0.717, 1.165) is 5.56 Å². The molecule has 2 N–H and O–H groups in total. The zero-order chi connectivity index (χ0) is 23.6. The Morgan fingerprint density at radius 2 is 1.88 bits per heavy atom. The number of amides is 1. The summed E-state index contributed by atoms with van der Waals surface area (Å²) >= 11 is 0. The van der Waals surface area contributed by atoms with Crippen LogP contribution in [0.1, 0.15) is 28.8 Å². The van der Waals surface area contributed by atoms with Gasteiger partial charge in [-0.3, -0.25) is 14.3 Å². The second-order valence-electron chi connectivity index (χ2n) is 7.93. The molecule has 1 fully saturated rings. The van der Waals surface area contributed by atoms with E-state index in [0.29, 0.717) is 35.5 Å². The zero-order valence-electron chi connectivity index (χ0n) is 17.8. The van der Waals surface area contributed by atoms with Gasteiger partial charge in [-0.25, -0.2) is 9.78 Å². The van der Waals surface area contributed by atoms with Crippen molar-refractivity contribution < 1.29 is 33.0 Å². The maximum Gasteiger partial charge on any atom is 0.486 e. The van der Waals surface area contributed by atoms with E-state index in [1.54, 1.807) is 30.3 Å². The van der Waals surface area contributed by atoms with Crippen molar-refractivity contribution in [1.29, 1.82) is 0 Å². The van der Waals surface area contributed by atoms with Crippen LogP contribution >= 0.6 is 0 Å². The molecule has 0 bridgehead atoms. The Kier molecular flexibility index (Phi) is 6.09. The molecule has 1 aromatic heterocycles. The molecule has 1 aliphatic heterocycles. The van der Waals surface area contributed by atoms with Gasteiger partial charge in [0.2, 0.25) is 5.91 Å². The van der Waals surface area contributed by atoms with Crippen LogP contribution in [-0.2, 0) is 14.3 Å². The average Bonchev–Trinajstić information content (AvgIpc) is 3.57. The number of benzene rings is 1. The van der Waals surface area contributed by atoms with Gasteiger partial charge in [0.25, 0.3) is 0 Å². The normalized spacial score (nSPS) is 21.5. The van der Waals surface area contributed by atoms with Crippen LogP contribution in [-0.4, -0.2) is 41.5 Å². The number of hydrogen-bond acceptors (Lipinski definition) is 5. The Morgan fingerprint density at radius 3 is 2.61 bits per heavy atom. The summed E-state index contributed by atoms with van der Waals surface area (Å²) in [5.74, 6) is -1.03. The van der Waals surface area contributed by atoms with E-state index in [9.17, 15) is 23.5 Å². The van der Waals surface area contributed by atoms with E-state index < -0.39 is 24.3 Å². The molecular weight excluding hydrogens is 434 g/mol. The Bertz CT molecular complexity index is 1160. The molecule has 2 heterocycles. The van der Waals surface area contributed by atoms with Crippen molar-refractivity contribution in [2.45, 2.75) is 26.1 Å². The van der Waals surface area contributed by atoms with Gasteiger partial charge in [0.1, 0.15) is 5.82 Å². The van der Waals surface area contributed by atoms with Crippen LogP contribution in [0, 0.1) is 12.3 Å². The lowest BCUT2D eigenvalue weighted by Gasteiger charge is -2.18. The van der Waals surface area contributed by atoms with Gasteiger partial charge in [0.15, 0.2) is 0 Å². The number of pyridine rings is 1. The number of carbonyl (C=O) groups is 2. The number of nitrogens with zero attached hydrogens (tertiary/aromatic N) is 1. The summed E-state index contributed by atoms with van der Waals surface area (Å²) in [5.41, 5.74) is 1.85. The lowest BCUT2D eigenvalue weighted by molar-refractivity contribution is -0.385. The summed E-state index contributed by atoms with van der Waals surface area (Å²) in [6, 6.07) is 9.86. The minimum Gasteiger partial charge on any atom is -0.478 e. The third kappa shape index (κ3) is 4.99. The highest BCUT2D eigenvalue weighted by Crippen LogP contribution is 2.53. The number of alkyl halides is 2. The Hall–Kier alpha value is -3.43. The summed E-state index contributed by atoms with van der Waals surface area (Å²) in [6.07, 6.45) is 1.95. The van der Waals surface area contributed by atoms with Gasteiger partial charge >= 0.3 is 12.3 Å². The van der Waals surface area contributed by atoms with E-state index in [1.165, 1.54) is 24.3 Å². The second kappa shape index (κ2) is 8.84. The highest BCUT2D eigenvalue weighted by molar-refractivity contribution is 5.99. The van der Waals surface area contributed by atoms with Gasteiger partial charge in [0, 0.05) is 5.56 Å². The monoisotopic (exact) mass is 456 g/mol. The smallest absolute Gasteiger partial charge is 0.478 e. The SMILES string of the molecule is Cc1ccc(NC(=O)C2(C3=C/COC(F)(F)OC/C=C\3)CC2)nc1-c1cccc(C(=O)O)c1. The Labute approximate surface area is 188 Å². The number of aromatic nitrogens is 1. The number of nitrogens with one attached hydrogen (secondary N) is 1. The number of hydrogen-bond donors (Lipinski definition) is 2. The number of ether oxygens (including phenoxy) is 2. The van der Waals surface area contributed by atoms with E-state index in [2.05, 4.69) is 19.8 Å². The summed E-state index contributed by atoms with van der Waals surface area (Å²) in [5, 5.41) is 12.1. The van der Waals surface area contributed by atoms with Gasteiger partial charge < -0.3 is 10.4 Å². The zero-order valence-corrected chi connectivity index (χ0v) is 17.8. The second-order valence-corrected chi connectivity index (χ2v) is 7.93. The minimum absolute atomic E-state index is 0.135. The number of halogens is 2. The van der Waals surface area contributed by atoms with E-state index in [1.807, 2.05) is 6.92 Å². The van der Waals surface area contributed by atoms with Gasteiger partial charge in [-0.15, -0.1) is 8.78 Å². The number of carbonyl (C=O) groups excluding carboxylic acids is 1. The molecule has 0 atom stereocenters. The molecule has 33 heavy (non-hydrogen) atoms. The first-order chi connectivity index (χ1) is 15.7. The summed E-state index contributed by atoms with van der Waals surface area (Å²) in [4.78, 5) is 29.0. The summed E-state index contributed by atoms with van der Waals surface area (Å²) in [7, 11) is 0. The number of aryl methyl sites for hydroxylation is 1. The topological polar surface area (TPSA) is 97.8 Å². The molecule has 4 rings (SSSR count). The highest BCUT2D eigenvalue weighted by atomic mass is 19.3. The van der Waals surface area contributed by atoms with Crippen LogP contribution in [0.15, 0.2) is 60.2 Å². The van der Waals surface area contributed by atoms with Gasteiger partial charge in [-0.2, -0.15) is 0 Å². The summed E-state index contributed by atoms with van der Waals surface area (Å²) in [6.45, 7) is 1.10. The molecule has 1 aliphatic carbocycles. The molecule has 2 aromatic rings. The molecule has 0 saturated heterocycles. The molecule has 172 valence electrons. The van der Waals surface area contributed by atoms with Crippen LogP contribution in [0.3, 0.4) is 0 Å². The van der Waals surface area contributed by atoms with Crippen molar-refractivity contribution in [2.75, 3.05) is 18.5 Å². The maximum absolute atomic E-state index is 13.4. The van der Waals surface area contributed by atoms with Crippen LogP contribution in [0.2, 0.25) is 0 Å². The first-order valence-corrected chi connectivity index (χ1v) is 10.4. The average molecular weight is 456 g/mol. The predicted octanol–water partition coefficient (Wildman–Crippen LogP) is 4.55. The highest BCUT2D eigenvalue weighted by Gasteiger charge is 2.52. The van der Waals surface area contributed by atoms with Gasteiger partial charge in [-0.05, 0) is 49.1 Å². The quantitative estimate of drug-likeness (QED) is 0.685. The van der Waals surface area contributed by atoms with E-state index >= 15 is 0 Å². The van der Waals surface area contributed by atoms with Crippen molar-refractivity contribution in [3.63, 3.8) is 0 Å². The molecule has 7 nitrogen and oxygen atoms in total. The van der Waals surface area contributed by atoms with Crippen molar-refractivity contribution in [3.8, 4) is 11.3 Å². The van der Waals surface area contributed by atoms with E-state index in [4.69, 9.17) is 0 Å². The van der Waals surface area contributed by atoms with Crippen molar-refractivity contribution >= 4 is 17.7 Å². The third-order valence-corrected chi connectivity index (χ3v) is 5.66. The van der Waals surface area contributed by atoms with Crippen LogP contribution < -0.4 is 5.32 Å². The largest absolute Gasteiger partial charge is 0.486 e. The number of aromatic carboxylic acids is 1. The third-order valence-electron chi connectivity index (χ3n) is 5.66. The molecule has 0 radical (unpaired) electrons.